The molecule has 7 nitrogen and oxygen atoms in total. The predicted molar refractivity (Wildman–Crippen MR) is 81.3 cm³/mol. The van der Waals surface area contributed by atoms with Crippen LogP contribution in [0.25, 0.3) is 0 Å². The molecular weight excluding hydrogens is 322 g/mol. The van der Waals surface area contributed by atoms with Gasteiger partial charge in [-0.05, 0) is 19.1 Å². The number of hydrogen-bond donors (Lipinski definition) is 1. The van der Waals surface area contributed by atoms with Crippen LogP contribution in [0.3, 0.4) is 0 Å². The molecule has 0 saturated carbocycles. The summed E-state index contributed by atoms with van der Waals surface area (Å²) in [5, 5.41) is 1.70. The molecule has 1 N–H and O–H groups in total. The maximum absolute atomic E-state index is 12.9. The van der Waals surface area contributed by atoms with E-state index in [0.29, 0.717) is 0 Å². The zero-order valence-corrected chi connectivity index (χ0v) is 13.9. The monoisotopic (exact) mass is 341 g/mol. The molecule has 0 bridgehead atoms. The number of ether oxygens (including phenoxy) is 2. The van der Waals surface area contributed by atoms with Crippen molar-refractivity contribution in [2.45, 2.75) is 22.6 Å². The van der Waals surface area contributed by atoms with Crippen LogP contribution in [-0.4, -0.2) is 51.9 Å². The first kappa shape index (κ1) is 17.4. The standard InChI is InChI=1S/C15H19NO6S/c1-15(14(18)22-3)12(13(17)21-2)11(9-16-15)23(19,20)10-7-5-4-6-8-10/h4-8,11-12,16H,9H2,1-3H3/t11-,12+,15-/m1/s1. The van der Waals surface area contributed by atoms with E-state index in [0.717, 1.165) is 7.11 Å². The molecule has 1 aromatic carbocycles. The maximum Gasteiger partial charge on any atom is 0.326 e. The highest BCUT2D eigenvalue weighted by molar-refractivity contribution is 7.92. The first-order chi connectivity index (χ1) is 10.8. The second kappa shape index (κ2) is 6.29. The number of hydrogen-bond acceptors (Lipinski definition) is 7. The van der Waals surface area contributed by atoms with Crippen LogP contribution in [0.1, 0.15) is 6.92 Å². The molecule has 1 heterocycles. The molecule has 126 valence electrons. The molecule has 0 spiro atoms. The number of methoxy groups -OCH3 is 2. The van der Waals surface area contributed by atoms with Crippen molar-refractivity contribution in [2.75, 3.05) is 20.8 Å². The van der Waals surface area contributed by atoms with Crippen molar-refractivity contribution >= 4 is 21.8 Å². The van der Waals surface area contributed by atoms with Crippen LogP contribution < -0.4 is 5.32 Å². The van der Waals surface area contributed by atoms with Crippen LogP contribution in [-0.2, 0) is 28.9 Å². The van der Waals surface area contributed by atoms with E-state index in [2.05, 4.69) is 5.32 Å². The smallest absolute Gasteiger partial charge is 0.326 e. The molecule has 2 rings (SSSR count). The van der Waals surface area contributed by atoms with Crippen molar-refractivity contribution in [2.24, 2.45) is 5.92 Å². The largest absolute Gasteiger partial charge is 0.469 e. The lowest BCUT2D eigenvalue weighted by molar-refractivity contribution is -0.158. The molecule has 1 aromatic rings. The van der Waals surface area contributed by atoms with Gasteiger partial charge in [0.25, 0.3) is 0 Å². The van der Waals surface area contributed by atoms with E-state index < -0.39 is 38.5 Å². The molecule has 1 fully saturated rings. The fraction of sp³-hybridized carbons (Fsp3) is 0.467. The highest BCUT2D eigenvalue weighted by atomic mass is 32.2. The van der Waals surface area contributed by atoms with Gasteiger partial charge in [0.05, 0.1) is 24.4 Å². The van der Waals surface area contributed by atoms with Gasteiger partial charge < -0.3 is 9.47 Å². The Morgan fingerprint density at radius 1 is 1.17 bits per heavy atom. The average molecular weight is 341 g/mol. The summed E-state index contributed by atoms with van der Waals surface area (Å²) in [6.07, 6.45) is 0. The topological polar surface area (TPSA) is 98.8 Å². The molecule has 8 heteroatoms. The van der Waals surface area contributed by atoms with Gasteiger partial charge in [-0.3, -0.25) is 14.9 Å². The van der Waals surface area contributed by atoms with Gasteiger partial charge in [0.1, 0.15) is 11.5 Å². The molecule has 1 saturated heterocycles. The van der Waals surface area contributed by atoms with E-state index in [1.54, 1.807) is 18.2 Å². The molecule has 0 aliphatic carbocycles. The number of benzene rings is 1. The minimum atomic E-state index is -3.83. The third kappa shape index (κ3) is 2.84. The van der Waals surface area contributed by atoms with Crippen molar-refractivity contribution < 1.29 is 27.5 Å². The summed E-state index contributed by atoms with van der Waals surface area (Å²) in [5.41, 5.74) is -1.46. The maximum atomic E-state index is 12.9. The van der Waals surface area contributed by atoms with Crippen molar-refractivity contribution in [1.82, 2.24) is 5.32 Å². The van der Waals surface area contributed by atoms with Crippen LogP contribution in [0.2, 0.25) is 0 Å². The Morgan fingerprint density at radius 2 is 1.78 bits per heavy atom. The summed E-state index contributed by atoms with van der Waals surface area (Å²) in [6.45, 7) is 1.39. The first-order valence-electron chi connectivity index (χ1n) is 6.99. The molecule has 23 heavy (non-hydrogen) atoms. The lowest BCUT2D eigenvalue weighted by Crippen LogP contribution is -2.54. The molecule has 1 aliphatic heterocycles. The van der Waals surface area contributed by atoms with Crippen LogP contribution in [0.4, 0.5) is 0 Å². The molecule has 0 radical (unpaired) electrons. The second-order valence-electron chi connectivity index (χ2n) is 5.47. The van der Waals surface area contributed by atoms with Gasteiger partial charge in [-0.1, -0.05) is 18.2 Å². The number of esters is 2. The Morgan fingerprint density at radius 3 is 2.30 bits per heavy atom. The Labute approximate surface area is 134 Å². The van der Waals surface area contributed by atoms with E-state index in [9.17, 15) is 18.0 Å². The van der Waals surface area contributed by atoms with E-state index >= 15 is 0 Å². The summed E-state index contributed by atoms with van der Waals surface area (Å²) in [7, 11) is -1.49. The predicted octanol–water partition coefficient (Wildman–Crippen LogP) is 0.153. The molecular formula is C15H19NO6S. The number of carbonyl (C=O) groups is 2. The highest BCUT2D eigenvalue weighted by Crippen LogP contribution is 2.35. The quantitative estimate of drug-likeness (QED) is 0.779. The van der Waals surface area contributed by atoms with Gasteiger partial charge in [-0.15, -0.1) is 0 Å². The summed E-state index contributed by atoms with van der Waals surface area (Å²) in [4.78, 5) is 24.4. The number of nitrogens with one attached hydrogen (secondary N) is 1. The lowest BCUT2D eigenvalue weighted by atomic mass is 9.87. The van der Waals surface area contributed by atoms with Gasteiger partial charge in [0, 0.05) is 6.54 Å². The van der Waals surface area contributed by atoms with Gasteiger partial charge >= 0.3 is 11.9 Å². The molecule has 0 unspecified atom stereocenters. The van der Waals surface area contributed by atoms with Gasteiger partial charge in [0.15, 0.2) is 9.84 Å². The van der Waals surface area contributed by atoms with Crippen molar-refractivity contribution in [1.29, 1.82) is 0 Å². The van der Waals surface area contributed by atoms with Gasteiger partial charge in [-0.2, -0.15) is 0 Å². The zero-order chi connectivity index (χ0) is 17.3. The number of rotatable bonds is 4. The van der Waals surface area contributed by atoms with E-state index in [1.807, 2.05) is 0 Å². The Balaban J connectivity index is 2.51. The van der Waals surface area contributed by atoms with Gasteiger partial charge in [-0.25, -0.2) is 8.42 Å². The minimum Gasteiger partial charge on any atom is -0.469 e. The molecule has 0 aromatic heterocycles. The summed E-state index contributed by atoms with van der Waals surface area (Å²) in [6, 6.07) is 7.81. The minimum absolute atomic E-state index is 0.0530. The van der Waals surface area contributed by atoms with Crippen LogP contribution >= 0.6 is 0 Å². The Bertz CT molecular complexity index is 702. The lowest BCUT2D eigenvalue weighted by Gasteiger charge is -2.28. The Hall–Kier alpha value is -1.93. The SMILES string of the molecule is COC(=O)[C@@H]1[C@H](S(=O)(=O)c2ccccc2)CN[C@@]1(C)C(=O)OC. The molecule has 0 amide bonds. The number of carbonyl (C=O) groups excluding carboxylic acids is 2. The third-order valence-corrected chi connectivity index (χ3v) is 6.36. The van der Waals surface area contributed by atoms with E-state index in [4.69, 9.17) is 9.47 Å². The first-order valence-corrected chi connectivity index (χ1v) is 8.54. The zero-order valence-electron chi connectivity index (χ0n) is 13.1. The van der Waals surface area contributed by atoms with E-state index in [1.165, 1.54) is 26.2 Å². The summed E-state index contributed by atoms with van der Waals surface area (Å²) < 4.78 is 35.2. The number of sulfone groups is 1. The average Bonchev–Trinajstić information content (AvgIpc) is 2.93. The van der Waals surface area contributed by atoms with Crippen molar-refractivity contribution in [3.63, 3.8) is 0 Å². The van der Waals surface area contributed by atoms with Crippen molar-refractivity contribution in [3.05, 3.63) is 30.3 Å². The fourth-order valence-electron chi connectivity index (χ4n) is 2.91. The fourth-order valence-corrected chi connectivity index (χ4v) is 4.84. The Kier molecular flexibility index (Phi) is 4.76. The van der Waals surface area contributed by atoms with Crippen LogP contribution in [0.5, 0.6) is 0 Å². The van der Waals surface area contributed by atoms with Crippen LogP contribution in [0, 0.1) is 5.92 Å². The van der Waals surface area contributed by atoms with Crippen molar-refractivity contribution in [3.8, 4) is 0 Å². The van der Waals surface area contributed by atoms with Crippen LogP contribution in [0.15, 0.2) is 35.2 Å². The summed E-state index contributed by atoms with van der Waals surface area (Å²) in [5.74, 6) is -2.68. The second-order valence-corrected chi connectivity index (χ2v) is 7.64. The van der Waals surface area contributed by atoms with E-state index in [-0.39, 0.29) is 11.4 Å². The third-order valence-electron chi connectivity index (χ3n) is 4.20. The molecule has 1 aliphatic rings. The normalized spacial score (nSPS) is 27.4. The van der Waals surface area contributed by atoms with Gasteiger partial charge in [0.2, 0.25) is 0 Å². The summed E-state index contributed by atoms with van der Waals surface area (Å²) >= 11 is 0. The highest BCUT2D eigenvalue weighted by Gasteiger charge is 2.59. The molecule has 3 atom stereocenters.